The number of nitrogens with two attached hydrogens (primary N) is 1. The number of hydrogen-bond donors (Lipinski definition) is 2. The topological polar surface area (TPSA) is 46.2 Å². The van der Waals surface area contributed by atoms with Gasteiger partial charge in [0.15, 0.2) is 0 Å². The molecule has 0 amide bonds. The van der Waals surface area contributed by atoms with Crippen LogP contribution in [-0.4, -0.2) is 17.3 Å². The van der Waals surface area contributed by atoms with Crippen molar-refractivity contribution in [3.05, 3.63) is 0 Å². The van der Waals surface area contributed by atoms with Crippen LogP contribution in [0.15, 0.2) is 0 Å². The molecule has 15 heavy (non-hydrogen) atoms. The molecule has 3 rings (SSSR count). The summed E-state index contributed by atoms with van der Waals surface area (Å²) in [6.45, 7) is 0.701. The Morgan fingerprint density at radius 3 is 2.40 bits per heavy atom. The van der Waals surface area contributed by atoms with E-state index < -0.39 is 0 Å². The van der Waals surface area contributed by atoms with Crippen molar-refractivity contribution < 1.29 is 5.11 Å². The van der Waals surface area contributed by atoms with E-state index in [1.807, 2.05) is 0 Å². The molecule has 0 radical (unpaired) electrons. The number of fused-ring (bicyclic) bond motifs is 2. The molecule has 2 heteroatoms. The van der Waals surface area contributed by atoms with Gasteiger partial charge in [0.1, 0.15) is 0 Å². The van der Waals surface area contributed by atoms with Crippen LogP contribution in [0.25, 0.3) is 0 Å². The molecule has 0 aromatic carbocycles. The van der Waals surface area contributed by atoms with Crippen molar-refractivity contribution in [2.75, 3.05) is 6.54 Å². The Balaban J connectivity index is 1.91. The van der Waals surface area contributed by atoms with Gasteiger partial charge in [-0.15, -0.1) is 0 Å². The van der Waals surface area contributed by atoms with E-state index in [0.29, 0.717) is 12.5 Å². The second kappa shape index (κ2) is 3.21. The second-order valence-corrected chi connectivity index (χ2v) is 6.20. The quantitative estimate of drug-likeness (QED) is 0.731. The van der Waals surface area contributed by atoms with Crippen LogP contribution in [0.3, 0.4) is 0 Å². The van der Waals surface area contributed by atoms with Gasteiger partial charge in [0, 0.05) is 12.0 Å². The van der Waals surface area contributed by atoms with Crippen LogP contribution in [0.5, 0.6) is 0 Å². The molecule has 0 heterocycles. The summed E-state index contributed by atoms with van der Waals surface area (Å²) in [5.41, 5.74) is 5.71. The summed E-state index contributed by atoms with van der Waals surface area (Å²) in [7, 11) is 0. The van der Waals surface area contributed by atoms with E-state index in [4.69, 9.17) is 5.73 Å². The lowest BCUT2D eigenvalue weighted by Gasteiger charge is -2.47. The minimum atomic E-state index is -0.388. The molecule has 86 valence electrons. The molecule has 0 aromatic heterocycles. The average Bonchev–Trinajstić information content (AvgIpc) is 2.92. The Bertz CT molecular complexity index is 259. The molecule has 3 fully saturated rings. The molecule has 3 unspecified atom stereocenters. The average molecular weight is 209 g/mol. The first-order valence-corrected chi connectivity index (χ1v) is 6.63. The summed E-state index contributed by atoms with van der Waals surface area (Å²) in [5, 5.41) is 11.1. The van der Waals surface area contributed by atoms with Crippen LogP contribution in [0, 0.1) is 17.3 Å². The van der Waals surface area contributed by atoms with Crippen molar-refractivity contribution >= 4 is 0 Å². The predicted molar refractivity (Wildman–Crippen MR) is 60.4 cm³/mol. The molecular formula is C13H23NO. The molecule has 0 aliphatic heterocycles. The highest BCUT2D eigenvalue weighted by Crippen LogP contribution is 2.61. The van der Waals surface area contributed by atoms with E-state index in [0.717, 1.165) is 12.3 Å². The Morgan fingerprint density at radius 1 is 1.20 bits per heavy atom. The molecule has 0 aromatic rings. The summed E-state index contributed by atoms with van der Waals surface area (Å²) in [4.78, 5) is 0. The van der Waals surface area contributed by atoms with Crippen LogP contribution in [0.1, 0.15) is 51.4 Å². The van der Waals surface area contributed by atoms with Gasteiger partial charge in [0.25, 0.3) is 0 Å². The molecule has 3 atom stereocenters. The molecule has 3 N–H and O–H groups in total. The van der Waals surface area contributed by atoms with Crippen LogP contribution in [0.4, 0.5) is 0 Å². The van der Waals surface area contributed by atoms with E-state index in [1.165, 1.54) is 44.9 Å². The van der Waals surface area contributed by atoms with Gasteiger partial charge < -0.3 is 10.8 Å². The Morgan fingerprint density at radius 2 is 1.93 bits per heavy atom. The highest BCUT2D eigenvalue weighted by molar-refractivity contribution is 5.12. The predicted octanol–water partition coefficient (Wildman–Crippen LogP) is 2.06. The Kier molecular flexibility index (Phi) is 2.16. The van der Waals surface area contributed by atoms with Crippen LogP contribution in [0.2, 0.25) is 0 Å². The maximum Gasteiger partial charge on any atom is 0.0746 e. The SMILES string of the molecule is NCC1(C2(O)CC3CCC2C3)CCCC1. The summed E-state index contributed by atoms with van der Waals surface area (Å²) in [6, 6.07) is 0. The summed E-state index contributed by atoms with van der Waals surface area (Å²) in [5.74, 6) is 1.38. The molecule has 0 spiro atoms. The van der Waals surface area contributed by atoms with E-state index in [2.05, 4.69) is 0 Å². The lowest BCUT2D eigenvalue weighted by Crippen LogP contribution is -2.54. The fraction of sp³-hybridized carbons (Fsp3) is 1.00. The third kappa shape index (κ3) is 1.18. The number of hydrogen-bond acceptors (Lipinski definition) is 2. The second-order valence-electron chi connectivity index (χ2n) is 6.20. The molecule has 3 aliphatic carbocycles. The van der Waals surface area contributed by atoms with Gasteiger partial charge in [-0.3, -0.25) is 0 Å². The van der Waals surface area contributed by atoms with E-state index in [9.17, 15) is 5.11 Å². The van der Waals surface area contributed by atoms with Gasteiger partial charge >= 0.3 is 0 Å². The van der Waals surface area contributed by atoms with Gasteiger partial charge in [-0.05, 0) is 50.4 Å². The summed E-state index contributed by atoms with van der Waals surface area (Å²) < 4.78 is 0. The smallest absolute Gasteiger partial charge is 0.0746 e. The molecule has 2 bridgehead atoms. The lowest BCUT2D eigenvalue weighted by atomic mass is 9.63. The summed E-state index contributed by atoms with van der Waals surface area (Å²) in [6.07, 6.45) is 9.82. The standard InChI is InChI=1S/C13H23NO/c14-9-12(5-1-2-6-12)13(15)8-10-3-4-11(13)7-10/h10-11,15H,1-9,14H2. The molecule has 3 saturated carbocycles. The fourth-order valence-electron chi connectivity index (χ4n) is 4.82. The van der Waals surface area contributed by atoms with Crippen molar-refractivity contribution in [2.24, 2.45) is 23.0 Å². The first kappa shape index (κ1) is 10.1. The normalized spacial score (nSPS) is 47.6. The fourth-order valence-corrected chi connectivity index (χ4v) is 4.82. The van der Waals surface area contributed by atoms with Crippen molar-refractivity contribution in [3.8, 4) is 0 Å². The molecule has 3 aliphatic rings. The van der Waals surface area contributed by atoms with Gasteiger partial charge in [-0.1, -0.05) is 12.8 Å². The number of aliphatic hydroxyl groups is 1. The van der Waals surface area contributed by atoms with Gasteiger partial charge in [0.2, 0.25) is 0 Å². The lowest BCUT2D eigenvalue weighted by molar-refractivity contribution is -0.117. The summed E-state index contributed by atoms with van der Waals surface area (Å²) >= 11 is 0. The minimum absolute atomic E-state index is 0.0901. The third-order valence-corrected chi connectivity index (χ3v) is 5.69. The van der Waals surface area contributed by atoms with E-state index in [1.54, 1.807) is 0 Å². The van der Waals surface area contributed by atoms with Gasteiger partial charge in [0.05, 0.1) is 5.60 Å². The van der Waals surface area contributed by atoms with E-state index in [-0.39, 0.29) is 11.0 Å². The van der Waals surface area contributed by atoms with Crippen LogP contribution in [-0.2, 0) is 0 Å². The highest BCUT2D eigenvalue weighted by atomic mass is 16.3. The Labute approximate surface area is 92.2 Å². The van der Waals surface area contributed by atoms with Crippen molar-refractivity contribution in [1.82, 2.24) is 0 Å². The zero-order valence-corrected chi connectivity index (χ0v) is 9.54. The molecule has 0 saturated heterocycles. The van der Waals surface area contributed by atoms with Gasteiger partial charge in [-0.25, -0.2) is 0 Å². The molecular weight excluding hydrogens is 186 g/mol. The highest BCUT2D eigenvalue weighted by Gasteiger charge is 2.60. The van der Waals surface area contributed by atoms with Crippen molar-refractivity contribution in [2.45, 2.75) is 57.0 Å². The number of rotatable bonds is 2. The van der Waals surface area contributed by atoms with Crippen molar-refractivity contribution in [3.63, 3.8) is 0 Å². The van der Waals surface area contributed by atoms with Crippen molar-refractivity contribution in [1.29, 1.82) is 0 Å². The monoisotopic (exact) mass is 209 g/mol. The van der Waals surface area contributed by atoms with Gasteiger partial charge in [-0.2, -0.15) is 0 Å². The Hall–Kier alpha value is -0.0800. The maximum absolute atomic E-state index is 11.1. The van der Waals surface area contributed by atoms with E-state index >= 15 is 0 Å². The molecule has 2 nitrogen and oxygen atoms in total. The third-order valence-electron chi connectivity index (χ3n) is 5.69. The van der Waals surface area contributed by atoms with Crippen LogP contribution < -0.4 is 5.73 Å². The maximum atomic E-state index is 11.1. The zero-order valence-electron chi connectivity index (χ0n) is 9.54. The minimum Gasteiger partial charge on any atom is -0.389 e. The first-order chi connectivity index (χ1) is 7.20. The first-order valence-electron chi connectivity index (χ1n) is 6.63. The largest absolute Gasteiger partial charge is 0.389 e. The zero-order chi connectivity index (χ0) is 10.5. The van der Waals surface area contributed by atoms with Crippen LogP contribution >= 0.6 is 0 Å².